The van der Waals surface area contributed by atoms with Crippen molar-refractivity contribution in [1.82, 2.24) is 5.32 Å². The van der Waals surface area contributed by atoms with Gasteiger partial charge in [0.25, 0.3) is 0 Å². The highest BCUT2D eigenvalue weighted by atomic mass is 19.1. The third kappa shape index (κ3) is 1.89. The van der Waals surface area contributed by atoms with Crippen LogP contribution in [0.2, 0.25) is 0 Å². The van der Waals surface area contributed by atoms with Gasteiger partial charge in [-0.1, -0.05) is 12.1 Å². The molecular weight excluding hydrogens is 165 g/mol. The van der Waals surface area contributed by atoms with Gasteiger partial charge in [-0.2, -0.15) is 0 Å². The Morgan fingerprint density at radius 2 is 2.08 bits per heavy atom. The molecule has 0 spiro atoms. The molecular formula is C11H14FN. The van der Waals surface area contributed by atoms with E-state index < -0.39 is 0 Å². The van der Waals surface area contributed by atoms with Crippen LogP contribution >= 0.6 is 0 Å². The zero-order chi connectivity index (χ0) is 9.26. The van der Waals surface area contributed by atoms with Crippen molar-refractivity contribution in [2.45, 2.75) is 12.3 Å². The van der Waals surface area contributed by atoms with Gasteiger partial charge in [-0.15, -0.1) is 0 Å². The minimum absolute atomic E-state index is 0.144. The Hall–Kier alpha value is -0.890. The number of halogens is 1. The van der Waals surface area contributed by atoms with Crippen LogP contribution in [0.3, 0.4) is 0 Å². The topological polar surface area (TPSA) is 12.0 Å². The van der Waals surface area contributed by atoms with Gasteiger partial charge in [0.05, 0.1) is 0 Å². The molecule has 1 fully saturated rings. The van der Waals surface area contributed by atoms with Gasteiger partial charge in [0.2, 0.25) is 0 Å². The first kappa shape index (κ1) is 8.70. The summed E-state index contributed by atoms with van der Waals surface area (Å²) >= 11 is 0. The molecule has 1 nitrogen and oxygen atoms in total. The molecule has 0 heterocycles. The van der Waals surface area contributed by atoms with Crippen LogP contribution in [0.5, 0.6) is 0 Å². The van der Waals surface area contributed by atoms with Crippen LogP contribution in [0.1, 0.15) is 17.9 Å². The van der Waals surface area contributed by atoms with Crippen LogP contribution in [0.15, 0.2) is 24.3 Å². The molecule has 1 aromatic rings. The van der Waals surface area contributed by atoms with Crippen LogP contribution in [0.4, 0.5) is 4.39 Å². The van der Waals surface area contributed by atoms with Crippen LogP contribution in [-0.4, -0.2) is 13.6 Å². The molecule has 70 valence electrons. The van der Waals surface area contributed by atoms with Gasteiger partial charge in [0, 0.05) is 0 Å². The van der Waals surface area contributed by atoms with Crippen molar-refractivity contribution < 1.29 is 4.39 Å². The Kier molecular flexibility index (Phi) is 2.32. The Labute approximate surface area is 78.0 Å². The van der Waals surface area contributed by atoms with Crippen molar-refractivity contribution >= 4 is 0 Å². The van der Waals surface area contributed by atoms with E-state index in [-0.39, 0.29) is 5.82 Å². The fourth-order valence-electron chi connectivity index (χ4n) is 1.85. The summed E-state index contributed by atoms with van der Waals surface area (Å²) in [7, 11) is 1.97. The number of hydrogen-bond acceptors (Lipinski definition) is 1. The van der Waals surface area contributed by atoms with E-state index in [0.29, 0.717) is 5.92 Å². The molecule has 0 aromatic heterocycles. The lowest BCUT2D eigenvalue weighted by Crippen LogP contribution is -2.10. The van der Waals surface area contributed by atoms with E-state index in [2.05, 4.69) is 5.32 Å². The molecule has 0 radical (unpaired) electrons. The highest BCUT2D eigenvalue weighted by molar-refractivity contribution is 5.26. The van der Waals surface area contributed by atoms with Crippen LogP contribution in [0.25, 0.3) is 0 Å². The van der Waals surface area contributed by atoms with E-state index in [1.807, 2.05) is 19.2 Å². The first-order valence-electron chi connectivity index (χ1n) is 4.71. The van der Waals surface area contributed by atoms with Crippen molar-refractivity contribution in [2.75, 3.05) is 13.6 Å². The summed E-state index contributed by atoms with van der Waals surface area (Å²) in [5.41, 5.74) is 1.28. The van der Waals surface area contributed by atoms with Gasteiger partial charge in [-0.25, -0.2) is 4.39 Å². The Morgan fingerprint density at radius 1 is 1.38 bits per heavy atom. The quantitative estimate of drug-likeness (QED) is 0.749. The lowest BCUT2D eigenvalue weighted by molar-refractivity contribution is 0.626. The minimum Gasteiger partial charge on any atom is -0.319 e. The maximum atomic E-state index is 12.6. The second-order valence-corrected chi connectivity index (χ2v) is 3.71. The predicted octanol–water partition coefficient (Wildman–Crippen LogP) is 2.15. The highest BCUT2D eigenvalue weighted by Crippen LogP contribution is 2.46. The van der Waals surface area contributed by atoms with E-state index in [4.69, 9.17) is 0 Å². The number of benzene rings is 1. The van der Waals surface area contributed by atoms with Gasteiger partial charge in [-0.3, -0.25) is 0 Å². The normalized spacial score (nSPS) is 26.0. The lowest BCUT2D eigenvalue weighted by Gasteiger charge is -1.99. The summed E-state index contributed by atoms with van der Waals surface area (Å²) in [5.74, 6) is 1.28. The van der Waals surface area contributed by atoms with Gasteiger partial charge in [-0.05, 0) is 49.5 Å². The van der Waals surface area contributed by atoms with Crippen LogP contribution < -0.4 is 5.32 Å². The molecule has 2 rings (SSSR count). The summed E-state index contributed by atoms with van der Waals surface area (Å²) < 4.78 is 12.6. The standard InChI is InChI=1S/C11H14FN/c1-13-7-9-6-11(9)8-2-4-10(12)5-3-8/h2-5,9,11,13H,6-7H2,1H3/t9?,11-/m1/s1. The molecule has 0 aliphatic heterocycles. The summed E-state index contributed by atoms with van der Waals surface area (Å²) in [6, 6.07) is 6.89. The van der Waals surface area contributed by atoms with Crippen molar-refractivity contribution in [3.63, 3.8) is 0 Å². The molecule has 1 unspecified atom stereocenters. The van der Waals surface area contributed by atoms with Crippen molar-refractivity contribution in [1.29, 1.82) is 0 Å². The van der Waals surface area contributed by atoms with Crippen LogP contribution in [0, 0.1) is 11.7 Å². The second-order valence-electron chi connectivity index (χ2n) is 3.71. The van der Waals surface area contributed by atoms with E-state index >= 15 is 0 Å². The number of rotatable bonds is 3. The van der Waals surface area contributed by atoms with Gasteiger partial charge in [0.15, 0.2) is 0 Å². The summed E-state index contributed by atoms with van der Waals surface area (Å²) in [5, 5.41) is 3.17. The van der Waals surface area contributed by atoms with E-state index in [0.717, 1.165) is 12.5 Å². The molecule has 1 aliphatic carbocycles. The third-order valence-electron chi connectivity index (χ3n) is 2.69. The molecule has 2 atom stereocenters. The zero-order valence-electron chi connectivity index (χ0n) is 7.76. The molecule has 13 heavy (non-hydrogen) atoms. The fraction of sp³-hybridized carbons (Fsp3) is 0.455. The average Bonchev–Trinajstić information content (AvgIpc) is 2.86. The lowest BCUT2D eigenvalue weighted by atomic mass is 10.1. The van der Waals surface area contributed by atoms with E-state index in [9.17, 15) is 4.39 Å². The summed E-state index contributed by atoms with van der Waals surface area (Å²) in [6.45, 7) is 1.07. The number of hydrogen-bond donors (Lipinski definition) is 1. The second kappa shape index (κ2) is 3.46. The van der Waals surface area contributed by atoms with Gasteiger partial charge >= 0.3 is 0 Å². The Morgan fingerprint density at radius 3 is 2.69 bits per heavy atom. The van der Waals surface area contributed by atoms with E-state index in [1.165, 1.54) is 12.0 Å². The maximum Gasteiger partial charge on any atom is 0.123 e. The molecule has 1 saturated carbocycles. The smallest absolute Gasteiger partial charge is 0.123 e. The monoisotopic (exact) mass is 179 g/mol. The van der Waals surface area contributed by atoms with Crippen molar-refractivity contribution in [2.24, 2.45) is 5.92 Å². The van der Waals surface area contributed by atoms with Gasteiger partial charge in [0.1, 0.15) is 5.82 Å². The molecule has 1 aliphatic rings. The summed E-state index contributed by atoms with van der Waals surface area (Å²) in [6.07, 6.45) is 1.24. The molecule has 1 aromatic carbocycles. The molecule has 1 N–H and O–H groups in total. The average molecular weight is 179 g/mol. The van der Waals surface area contributed by atoms with Gasteiger partial charge < -0.3 is 5.32 Å². The Bertz CT molecular complexity index is 281. The fourth-order valence-corrected chi connectivity index (χ4v) is 1.85. The van der Waals surface area contributed by atoms with E-state index in [1.54, 1.807) is 12.1 Å². The first-order chi connectivity index (χ1) is 6.31. The third-order valence-corrected chi connectivity index (χ3v) is 2.69. The summed E-state index contributed by atoms with van der Waals surface area (Å²) in [4.78, 5) is 0. The van der Waals surface area contributed by atoms with Crippen molar-refractivity contribution in [3.05, 3.63) is 35.6 Å². The highest BCUT2D eigenvalue weighted by Gasteiger charge is 2.37. The maximum absolute atomic E-state index is 12.6. The molecule has 0 saturated heterocycles. The molecule has 0 bridgehead atoms. The minimum atomic E-state index is -0.144. The molecule has 2 heteroatoms. The Balaban J connectivity index is 2.00. The predicted molar refractivity (Wildman–Crippen MR) is 51.2 cm³/mol. The number of nitrogens with one attached hydrogen (secondary N) is 1. The van der Waals surface area contributed by atoms with Crippen LogP contribution in [-0.2, 0) is 0 Å². The zero-order valence-corrected chi connectivity index (χ0v) is 7.76. The van der Waals surface area contributed by atoms with Crippen molar-refractivity contribution in [3.8, 4) is 0 Å². The SMILES string of the molecule is CNCC1C[C@@H]1c1ccc(F)cc1. The largest absolute Gasteiger partial charge is 0.319 e. The molecule has 0 amide bonds. The first-order valence-corrected chi connectivity index (χ1v) is 4.71.